The van der Waals surface area contributed by atoms with E-state index in [9.17, 15) is 4.79 Å². The van der Waals surface area contributed by atoms with E-state index in [0.717, 1.165) is 21.4 Å². The summed E-state index contributed by atoms with van der Waals surface area (Å²) >= 11 is 3.49. The summed E-state index contributed by atoms with van der Waals surface area (Å²) in [6, 6.07) is 15.2. The lowest BCUT2D eigenvalue weighted by molar-refractivity contribution is -0.114. The molecule has 4 nitrogen and oxygen atoms in total. The van der Waals surface area contributed by atoms with Gasteiger partial charge in [0.05, 0.1) is 13.2 Å². The van der Waals surface area contributed by atoms with Crippen LogP contribution in [0.1, 0.15) is 5.56 Å². The highest BCUT2D eigenvalue weighted by molar-refractivity contribution is 9.10. The van der Waals surface area contributed by atoms with Crippen molar-refractivity contribution in [2.75, 3.05) is 24.3 Å². The molecule has 0 saturated carbocycles. The van der Waals surface area contributed by atoms with Crippen molar-refractivity contribution in [3.63, 3.8) is 0 Å². The molecule has 21 heavy (non-hydrogen) atoms. The SMILES string of the molecule is COCc1c(Br)cccc1NCC(=O)Nc1ccccc1. The highest BCUT2D eigenvalue weighted by atomic mass is 79.9. The van der Waals surface area contributed by atoms with E-state index < -0.39 is 0 Å². The van der Waals surface area contributed by atoms with Gasteiger partial charge in [-0.3, -0.25) is 4.79 Å². The number of ether oxygens (including phenoxy) is 1. The third kappa shape index (κ3) is 4.58. The zero-order valence-corrected chi connectivity index (χ0v) is 13.3. The van der Waals surface area contributed by atoms with Crippen LogP contribution in [0.25, 0.3) is 0 Å². The molecule has 0 spiro atoms. The summed E-state index contributed by atoms with van der Waals surface area (Å²) in [4.78, 5) is 11.9. The number of rotatable bonds is 6. The first-order valence-corrected chi connectivity index (χ1v) is 7.35. The summed E-state index contributed by atoms with van der Waals surface area (Å²) in [7, 11) is 1.64. The fourth-order valence-corrected chi connectivity index (χ4v) is 2.40. The van der Waals surface area contributed by atoms with Crippen LogP contribution in [0.2, 0.25) is 0 Å². The van der Waals surface area contributed by atoms with E-state index in [-0.39, 0.29) is 12.5 Å². The lowest BCUT2D eigenvalue weighted by Crippen LogP contribution is -2.22. The maximum absolute atomic E-state index is 11.9. The minimum Gasteiger partial charge on any atom is -0.380 e. The first kappa shape index (κ1) is 15.5. The van der Waals surface area contributed by atoms with E-state index in [1.165, 1.54) is 0 Å². The molecule has 0 saturated heterocycles. The Balaban J connectivity index is 1.97. The van der Waals surface area contributed by atoms with Gasteiger partial charge in [-0.15, -0.1) is 0 Å². The van der Waals surface area contributed by atoms with Crippen molar-refractivity contribution in [1.29, 1.82) is 0 Å². The van der Waals surface area contributed by atoms with Crippen LogP contribution in [0.5, 0.6) is 0 Å². The third-order valence-electron chi connectivity index (χ3n) is 2.90. The lowest BCUT2D eigenvalue weighted by atomic mass is 10.2. The van der Waals surface area contributed by atoms with Gasteiger partial charge >= 0.3 is 0 Å². The van der Waals surface area contributed by atoms with Crippen LogP contribution in [0, 0.1) is 0 Å². The smallest absolute Gasteiger partial charge is 0.243 e. The number of anilines is 2. The molecule has 2 N–H and O–H groups in total. The normalized spacial score (nSPS) is 10.2. The van der Waals surface area contributed by atoms with Crippen molar-refractivity contribution in [3.05, 3.63) is 58.6 Å². The van der Waals surface area contributed by atoms with E-state index in [4.69, 9.17) is 4.74 Å². The zero-order chi connectivity index (χ0) is 15.1. The molecule has 0 fully saturated rings. The molecule has 110 valence electrons. The predicted molar refractivity (Wildman–Crippen MR) is 88.4 cm³/mol. The van der Waals surface area contributed by atoms with E-state index in [2.05, 4.69) is 26.6 Å². The second-order valence-electron chi connectivity index (χ2n) is 4.47. The van der Waals surface area contributed by atoms with Crippen LogP contribution in [-0.4, -0.2) is 19.6 Å². The summed E-state index contributed by atoms with van der Waals surface area (Å²) < 4.78 is 6.14. The maximum Gasteiger partial charge on any atom is 0.243 e. The van der Waals surface area contributed by atoms with Crippen LogP contribution in [-0.2, 0) is 16.1 Å². The number of carbonyl (C=O) groups excluding carboxylic acids is 1. The molecule has 0 bridgehead atoms. The Morgan fingerprint density at radius 2 is 1.90 bits per heavy atom. The molecule has 0 unspecified atom stereocenters. The third-order valence-corrected chi connectivity index (χ3v) is 3.65. The molecule has 2 aromatic carbocycles. The standard InChI is InChI=1S/C16H17BrN2O2/c1-21-11-13-14(17)8-5-9-15(13)18-10-16(20)19-12-6-3-2-4-7-12/h2-9,18H,10-11H2,1H3,(H,19,20). The first-order valence-electron chi connectivity index (χ1n) is 6.56. The number of halogens is 1. The van der Waals surface area contributed by atoms with Gasteiger partial charge in [0.2, 0.25) is 5.91 Å². The van der Waals surface area contributed by atoms with E-state index >= 15 is 0 Å². The molecule has 0 heterocycles. The Hall–Kier alpha value is -1.85. The number of hydrogen-bond donors (Lipinski definition) is 2. The fourth-order valence-electron chi connectivity index (χ4n) is 1.92. The van der Waals surface area contributed by atoms with Gasteiger partial charge in [-0.25, -0.2) is 0 Å². The molecule has 1 amide bonds. The van der Waals surface area contributed by atoms with Crippen LogP contribution in [0.15, 0.2) is 53.0 Å². The van der Waals surface area contributed by atoms with Crippen molar-refractivity contribution in [2.45, 2.75) is 6.61 Å². The zero-order valence-electron chi connectivity index (χ0n) is 11.7. The fraction of sp³-hybridized carbons (Fsp3) is 0.188. The van der Waals surface area contributed by atoms with Gasteiger partial charge in [0.15, 0.2) is 0 Å². The molecule has 0 atom stereocenters. The molecule has 5 heteroatoms. The number of hydrogen-bond acceptors (Lipinski definition) is 3. The minimum absolute atomic E-state index is 0.0930. The second kappa shape index (κ2) is 7.81. The Morgan fingerprint density at radius 1 is 1.14 bits per heavy atom. The predicted octanol–water partition coefficient (Wildman–Crippen LogP) is 3.65. The van der Waals surface area contributed by atoms with Crippen molar-refractivity contribution >= 4 is 33.2 Å². The number of benzene rings is 2. The molecule has 2 aromatic rings. The van der Waals surface area contributed by atoms with Crippen molar-refractivity contribution in [3.8, 4) is 0 Å². The topological polar surface area (TPSA) is 50.4 Å². The van der Waals surface area contributed by atoms with Crippen LogP contribution in [0.4, 0.5) is 11.4 Å². The van der Waals surface area contributed by atoms with E-state index in [1.54, 1.807) is 7.11 Å². The van der Waals surface area contributed by atoms with Crippen LogP contribution >= 0.6 is 15.9 Å². The maximum atomic E-state index is 11.9. The lowest BCUT2D eigenvalue weighted by Gasteiger charge is -2.13. The van der Waals surface area contributed by atoms with Gasteiger partial charge in [-0.2, -0.15) is 0 Å². The molecular formula is C16H17BrN2O2. The summed E-state index contributed by atoms with van der Waals surface area (Å²) in [5.74, 6) is -0.0930. The molecule has 0 aliphatic rings. The number of amides is 1. The van der Waals surface area contributed by atoms with Gasteiger partial charge in [0, 0.05) is 28.5 Å². The van der Waals surface area contributed by atoms with Crippen LogP contribution in [0.3, 0.4) is 0 Å². The quantitative estimate of drug-likeness (QED) is 0.837. The van der Waals surface area contributed by atoms with E-state index in [1.807, 2.05) is 48.5 Å². The molecule has 0 aliphatic carbocycles. The Morgan fingerprint density at radius 3 is 2.62 bits per heavy atom. The highest BCUT2D eigenvalue weighted by Crippen LogP contribution is 2.25. The molecule has 0 aliphatic heterocycles. The number of methoxy groups -OCH3 is 1. The summed E-state index contributed by atoms with van der Waals surface area (Å²) in [5.41, 5.74) is 2.66. The molecular weight excluding hydrogens is 332 g/mol. The summed E-state index contributed by atoms with van der Waals surface area (Å²) in [6.45, 7) is 0.673. The van der Waals surface area contributed by atoms with Gasteiger partial charge < -0.3 is 15.4 Å². The summed E-state index contributed by atoms with van der Waals surface area (Å²) in [5, 5.41) is 5.97. The van der Waals surface area contributed by atoms with E-state index in [0.29, 0.717) is 6.61 Å². The Bertz CT molecular complexity index is 602. The van der Waals surface area contributed by atoms with Crippen LogP contribution < -0.4 is 10.6 Å². The number of carbonyl (C=O) groups is 1. The average molecular weight is 349 g/mol. The molecule has 2 rings (SSSR count). The second-order valence-corrected chi connectivity index (χ2v) is 5.32. The van der Waals surface area contributed by atoms with Crippen molar-refractivity contribution in [1.82, 2.24) is 0 Å². The highest BCUT2D eigenvalue weighted by Gasteiger charge is 2.08. The van der Waals surface area contributed by atoms with Crippen molar-refractivity contribution < 1.29 is 9.53 Å². The summed E-state index contributed by atoms with van der Waals surface area (Å²) in [6.07, 6.45) is 0. The number of nitrogens with one attached hydrogen (secondary N) is 2. The molecule has 0 aromatic heterocycles. The van der Waals surface area contributed by atoms with Gasteiger partial charge in [0.1, 0.15) is 0 Å². The average Bonchev–Trinajstić information content (AvgIpc) is 2.49. The number of para-hydroxylation sites is 1. The Labute approximate surface area is 132 Å². The first-order chi connectivity index (χ1) is 10.2. The van der Waals surface area contributed by atoms with Gasteiger partial charge in [-0.05, 0) is 24.3 Å². The largest absolute Gasteiger partial charge is 0.380 e. The molecule has 0 radical (unpaired) electrons. The van der Waals surface area contributed by atoms with Crippen molar-refractivity contribution in [2.24, 2.45) is 0 Å². The van der Waals surface area contributed by atoms with Gasteiger partial charge in [-0.1, -0.05) is 40.2 Å². The monoisotopic (exact) mass is 348 g/mol. The van der Waals surface area contributed by atoms with Gasteiger partial charge in [0.25, 0.3) is 0 Å². The minimum atomic E-state index is -0.0930. The Kier molecular flexibility index (Phi) is 5.78.